The highest BCUT2D eigenvalue weighted by molar-refractivity contribution is 6.31. The number of hydrogen-bond acceptors (Lipinski definition) is 12. The zero-order chi connectivity index (χ0) is 47.3. The SMILES string of the molecule is CCOC.CCOC.NC(=O)c1cc(COc2cnc(Nc3ccc(Cl)cc3)c3ccccc23)ccn1.NC(=O)c1cc(OCc2cnc(Nc3ccc(Cl)cc3)c3ccccc23)ccn1. The van der Waals surface area contributed by atoms with E-state index in [9.17, 15) is 9.59 Å². The molecule has 0 aliphatic carbocycles. The van der Waals surface area contributed by atoms with Crippen molar-refractivity contribution in [2.75, 3.05) is 38.1 Å². The molecule has 0 fully saturated rings. The number of primary amides is 2. The molecule has 4 aromatic carbocycles. The first-order valence-electron chi connectivity index (χ1n) is 20.6. The minimum absolute atomic E-state index is 0.160. The Hall–Kier alpha value is -7.36. The van der Waals surface area contributed by atoms with Crippen LogP contribution in [0, 0.1) is 0 Å². The number of fused-ring (bicyclic) bond motifs is 2. The lowest BCUT2D eigenvalue weighted by atomic mass is 10.1. The molecule has 14 nitrogen and oxygen atoms in total. The van der Waals surface area contributed by atoms with Crippen molar-refractivity contribution in [1.82, 2.24) is 19.9 Å². The lowest BCUT2D eigenvalue weighted by molar-refractivity contribution is 0.0987. The number of pyridine rings is 4. The molecule has 0 saturated carbocycles. The molecule has 0 aliphatic heterocycles. The normalized spacial score (nSPS) is 10.3. The third-order valence-electron chi connectivity index (χ3n) is 9.28. The fourth-order valence-corrected chi connectivity index (χ4v) is 6.10. The van der Waals surface area contributed by atoms with E-state index in [1.165, 1.54) is 18.5 Å². The summed E-state index contributed by atoms with van der Waals surface area (Å²) in [5.74, 6) is 1.44. The van der Waals surface area contributed by atoms with Gasteiger partial charge in [0, 0.05) is 95.2 Å². The van der Waals surface area contributed by atoms with Gasteiger partial charge in [-0.2, -0.15) is 0 Å². The van der Waals surface area contributed by atoms with Gasteiger partial charge in [-0.05, 0) is 91.5 Å². The Morgan fingerprint density at radius 3 is 1.56 bits per heavy atom. The zero-order valence-corrected chi connectivity index (χ0v) is 38.3. The van der Waals surface area contributed by atoms with Crippen molar-refractivity contribution in [3.8, 4) is 11.5 Å². The third-order valence-corrected chi connectivity index (χ3v) is 9.78. The third kappa shape index (κ3) is 14.9. The summed E-state index contributed by atoms with van der Waals surface area (Å²) >= 11 is 11.9. The van der Waals surface area contributed by atoms with Crippen molar-refractivity contribution in [2.45, 2.75) is 27.1 Å². The minimum Gasteiger partial charge on any atom is -0.489 e. The van der Waals surface area contributed by atoms with Crippen LogP contribution in [0.5, 0.6) is 11.5 Å². The van der Waals surface area contributed by atoms with E-state index >= 15 is 0 Å². The van der Waals surface area contributed by atoms with Crippen molar-refractivity contribution in [3.05, 3.63) is 179 Å². The number of rotatable bonds is 14. The molecule has 0 radical (unpaired) electrons. The summed E-state index contributed by atoms with van der Waals surface area (Å²) in [6, 6.07) is 37.2. The van der Waals surface area contributed by atoms with Crippen molar-refractivity contribution in [3.63, 3.8) is 0 Å². The Kier molecular flexibility index (Phi) is 19.4. The molecular weight excluding hydrogens is 880 g/mol. The topological polar surface area (TPSA) is 199 Å². The van der Waals surface area contributed by atoms with Gasteiger partial charge in [-0.1, -0.05) is 71.7 Å². The van der Waals surface area contributed by atoms with Gasteiger partial charge in [-0.25, -0.2) is 9.97 Å². The number of nitrogens with one attached hydrogen (secondary N) is 2. The second-order valence-corrected chi connectivity index (χ2v) is 14.7. The van der Waals surface area contributed by atoms with Gasteiger partial charge < -0.3 is 41.0 Å². The summed E-state index contributed by atoms with van der Waals surface area (Å²) < 4.78 is 20.9. The number of carbonyl (C=O) groups is 2. The predicted octanol–water partition coefficient (Wildman–Crippen LogP) is 10.7. The molecular formula is C50H50Cl2N8O6. The number of halogens is 2. The first-order valence-corrected chi connectivity index (χ1v) is 21.3. The Morgan fingerprint density at radius 1 is 0.561 bits per heavy atom. The summed E-state index contributed by atoms with van der Waals surface area (Å²) in [7, 11) is 3.36. The van der Waals surface area contributed by atoms with Crippen molar-refractivity contribution >= 4 is 79.6 Å². The second-order valence-electron chi connectivity index (χ2n) is 13.8. The summed E-state index contributed by atoms with van der Waals surface area (Å²) in [4.78, 5) is 39.5. The molecule has 0 aliphatic rings. The average Bonchev–Trinajstić information content (AvgIpc) is 3.35. The van der Waals surface area contributed by atoms with Crippen molar-refractivity contribution in [2.24, 2.45) is 11.5 Å². The van der Waals surface area contributed by atoms with Crippen molar-refractivity contribution < 1.29 is 28.5 Å². The minimum atomic E-state index is -0.597. The molecule has 16 heteroatoms. The number of amides is 2. The first kappa shape index (κ1) is 49.7. The molecule has 0 bridgehead atoms. The van der Waals surface area contributed by atoms with Gasteiger partial charge in [-0.15, -0.1) is 0 Å². The lowest BCUT2D eigenvalue weighted by Gasteiger charge is -2.13. The van der Waals surface area contributed by atoms with Crippen LogP contribution in [0.25, 0.3) is 21.5 Å². The van der Waals surface area contributed by atoms with E-state index < -0.39 is 11.8 Å². The summed E-state index contributed by atoms with van der Waals surface area (Å²) in [5, 5.41) is 11.8. The van der Waals surface area contributed by atoms with Crippen LogP contribution in [0.4, 0.5) is 23.0 Å². The van der Waals surface area contributed by atoms with Gasteiger partial charge in [0.2, 0.25) is 0 Å². The number of carbonyl (C=O) groups excluding carboxylic acids is 2. The molecule has 4 aromatic heterocycles. The maximum absolute atomic E-state index is 11.3. The van der Waals surface area contributed by atoms with Crippen LogP contribution < -0.4 is 31.6 Å². The molecule has 340 valence electrons. The molecule has 8 aromatic rings. The van der Waals surface area contributed by atoms with Crippen LogP contribution >= 0.6 is 23.2 Å². The number of methoxy groups -OCH3 is 2. The highest BCUT2D eigenvalue weighted by Gasteiger charge is 2.12. The molecule has 66 heavy (non-hydrogen) atoms. The van der Waals surface area contributed by atoms with Crippen LogP contribution in [-0.2, 0) is 22.7 Å². The average molecular weight is 930 g/mol. The van der Waals surface area contributed by atoms with E-state index in [1.807, 2.05) is 111 Å². The number of hydrogen-bond donors (Lipinski definition) is 4. The van der Waals surface area contributed by atoms with Gasteiger partial charge in [0.15, 0.2) is 0 Å². The highest BCUT2D eigenvalue weighted by Crippen LogP contribution is 2.32. The first-order chi connectivity index (χ1) is 32.0. The summed E-state index contributed by atoms with van der Waals surface area (Å²) in [6.45, 7) is 6.11. The maximum atomic E-state index is 11.3. The van der Waals surface area contributed by atoms with Crippen LogP contribution in [-0.4, -0.2) is 59.2 Å². The Labute approximate surface area is 393 Å². The number of benzene rings is 4. The standard InChI is InChI=1S/2C22H17ClN4O2.2C3H8O/c23-15-5-7-16(8-6-15)27-22-19-4-2-1-3-18(19)14(12-26-22)13-29-17-9-10-25-20(11-17)21(24)28;23-15-5-7-16(8-6-15)27-22-18-4-2-1-3-17(18)20(12-26-22)29-13-14-9-10-25-19(11-14)21(24)28;2*1-3-4-2/h2*1-12H,13H2,(H2,24,28)(H,26,27);2*3H2,1-2H3. The fourth-order valence-electron chi connectivity index (χ4n) is 5.84. The fraction of sp³-hybridized carbons (Fsp3) is 0.160. The van der Waals surface area contributed by atoms with Gasteiger partial charge >= 0.3 is 0 Å². The molecule has 0 atom stereocenters. The van der Waals surface area contributed by atoms with Crippen LogP contribution in [0.15, 0.2) is 146 Å². The number of ether oxygens (including phenoxy) is 4. The predicted molar refractivity (Wildman–Crippen MR) is 262 cm³/mol. The molecule has 8 rings (SSSR count). The Bertz CT molecular complexity index is 2620. The number of aromatic nitrogens is 4. The van der Waals surface area contributed by atoms with Gasteiger partial charge in [0.05, 0.1) is 6.20 Å². The number of nitrogens with two attached hydrogens (primary N) is 2. The maximum Gasteiger partial charge on any atom is 0.267 e. The monoisotopic (exact) mass is 928 g/mol. The Morgan fingerprint density at radius 2 is 1.03 bits per heavy atom. The van der Waals surface area contributed by atoms with E-state index in [-0.39, 0.29) is 24.6 Å². The van der Waals surface area contributed by atoms with E-state index in [1.54, 1.807) is 44.8 Å². The van der Waals surface area contributed by atoms with Gasteiger partial charge in [0.25, 0.3) is 11.8 Å². The summed E-state index contributed by atoms with van der Waals surface area (Å²) in [5.41, 5.74) is 14.4. The molecule has 0 spiro atoms. The lowest BCUT2D eigenvalue weighted by Crippen LogP contribution is -2.13. The number of nitrogens with zero attached hydrogens (tertiary/aromatic N) is 4. The van der Waals surface area contributed by atoms with E-state index in [2.05, 4.69) is 40.0 Å². The molecule has 0 unspecified atom stereocenters. The molecule has 6 N–H and O–H groups in total. The smallest absolute Gasteiger partial charge is 0.267 e. The second kappa shape index (κ2) is 25.8. The van der Waals surface area contributed by atoms with Gasteiger partial charge in [0.1, 0.15) is 47.7 Å². The number of anilines is 4. The van der Waals surface area contributed by atoms with Crippen molar-refractivity contribution in [1.29, 1.82) is 0 Å². The largest absolute Gasteiger partial charge is 0.489 e. The highest BCUT2D eigenvalue weighted by atomic mass is 35.5. The van der Waals surface area contributed by atoms with E-state index in [0.29, 0.717) is 21.5 Å². The summed E-state index contributed by atoms with van der Waals surface area (Å²) in [6.07, 6.45) is 6.48. The van der Waals surface area contributed by atoms with Crippen LogP contribution in [0.3, 0.4) is 0 Å². The quantitative estimate of drug-likeness (QED) is 0.0806. The van der Waals surface area contributed by atoms with E-state index in [4.69, 9.17) is 44.1 Å². The van der Waals surface area contributed by atoms with Crippen LogP contribution in [0.1, 0.15) is 46.0 Å². The Balaban J connectivity index is 0.000000213. The zero-order valence-electron chi connectivity index (χ0n) is 36.8. The van der Waals surface area contributed by atoms with E-state index in [0.717, 1.165) is 68.9 Å². The molecule has 4 heterocycles. The molecule has 0 saturated heterocycles. The van der Waals surface area contributed by atoms with Gasteiger partial charge in [-0.3, -0.25) is 19.6 Å². The van der Waals surface area contributed by atoms with Crippen LogP contribution in [0.2, 0.25) is 10.0 Å². The molecule has 2 amide bonds.